The molecular formula is C22H29NO4. The molecule has 2 aromatic carbocycles. The number of hydrogen-bond acceptors (Lipinski definition) is 4. The fourth-order valence-electron chi connectivity index (χ4n) is 2.69. The molecule has 0 aliphatic heterocycles. The maximum absolute atomic E-state index is 12.2. The third-order valence-corrected chi connectivity index (χ3v) is 4.38. The Morgan fingerprint density at radius 2 is 1.63 bits per heavy atom. The third kappa shape index (κ3) is 5.64. The minimum Gasteiger partial charge on any atom is -0.493 e. The molecule has 0 saturated heterocycles. The summed E-state index contributed by atoms with van der Waals surface area (Å²) in [6.07, 6.45) is 0. The van der Waals surface area contributed by atoms with Crippen molar-refractivity contribution in [2.24, 2.45) is 0 Å². The number of nitrogens with one attached hydrogen (secondary N) is 1. The van der Waals surface area contributed by atoms with Crippen LogP contribution in [0.5, 0.6) is 17.2 Å². The van der Waals surface area contributed by atoms with Crippen molar-refractivity contribution in [3.63, 3.8) is 0 Å². The summed E-state index contributed by atoms with van der Waals surface area (Å²) in [6, 6.07) is 13.2. The topological polar surface area (TPSA) is 56.8 Å². The lowest BCUT2D eigenvalue weighted by molar-refractivity contribution is -0.123. The third-order valence-electron chi connectivity index (χ3n) is 4.38. The van der Waals surface area contributed by atoms with Crippen LogP contribution in [0.4, 0.5) is 0 Å². The Kier molecular flexibility index (Phi) is 6.72. The first-order chi connectivity index (χ1) is 12.7. The summed E-state index contributed by atoms with van der Waals surface area (Å²) in [5, 5.41) is 2.93. The fourth-order valence-corrected chi connectivity index (χ4v) is 2.69. The van der Waals surface area contributed by atoms with E-state index in [4.69, 9.17) is 14.2 Å². The molecule has 0 fully saturated rings. The maximum Gasteiger partial charge on any atom is 0.258 e. The predicted octanol–water partition coefficient (Wildman–Crippen LogP) is 4.26. The molecule has 2 rings (SSSR count). The van der Waals surface area contributed by atoms with Crippen molar-refractivity contribution < 1.29 is 19.0 Å². The SMILES string of the molecule is COc1ccc([C@@H](C)NC(=O)COc2ccc(C(C)(C)C)cc2)cc1OC. The van der Waals surface area contributed by atoms with Gasteiger partial charge in [0.05, 0.1) is 20.3 Å². The van der Waals surface area contributed by atoms with Gasteiger partial charge in [0.1, 0.15) is 5.75 Å². The Hall–Kier alpha value is -2.69. The molecule has 146 valence electrons. The second kappa shape index (κ2) is 8.80. The first-order valence-corrected chi connectivity index (χ1v) is 8.99. The summed E-state index contributed by atoms with van der Waals surface area (Å²) in [6.45, 7) is 8.35. The van der Waals surface area contributed by atoms with Crippen LogP contribution in [0.2, 0.25) is 0 Å². The molecule has 1 atom stereocenters. The standard InChI is InChI=1S/C22H29NO4/c1-15(16-7-12-19(25-5)20(13-16)26-6)23-21(24)14-27-18-10-8-17(9-11-18)22(2,3)4/h7-13,15H,14H2,1-6H3,(H,23,24)/t15-/m1/s1. The number of rotatable bonds is 7. The van der Waals surface area contributed by atoms with E-state index in [1.807, 2.05) is 49.4 Å². The summed E-state index contributed by atoms with van der Waals surface area (Å²) >= 11 is 0. The van der Waals surface area contributed by atoms with Crippen LogP contribution in [0.1, 0.15) is 44.9 Å². The molecule has 0 aromatic heterocycles. The number of carbonyl (C=O) groups is 1. The molecule has 0 spiro atoms. The molecule has 0 unspecified atom stereocenters. The smallest absolute Gasteiger partial charge is 0.258 e. The maximum atomic E-state index is 12.2. The van der Waals surface area contributed by atoms with Crippen molar-refractivity contribution >= 4 is 5.91 Å². The Morgan fingerprint density at radius 3 is 2.19 bits per heavy atom. The number of methoxy groups -OCH3 is 2. The van der Waals surface area contributed by atoms with Crippen LogP contribution >= 0.6 is 0 Å². The van der Waals surface area contributed by atoms with E-state index in [1.165, 1.54) is 5.56 Å². The van der Waals surface area contributed by atoms with Crippen LogP contribution in [0.25, 0.3) is 0 Å². The summed E-state index contributed by atoms with van der Waals surface area (Å²) in [4.78, 5) is 12.2. The monoisotopic (exact) mass is 371 g/mol. The molecule has 0 saturated carbocycles. The average molecular weight is 371 g/mol. The molecule has 0 radical (unpaired) electrons. The van der Waals surface area contributed by atoms with Gasteiger partial charge in [-0.1, -0.05) is 39.0 Å². The minimum atomic E-state index is -0.183. The van der Waals surface area contributed by atoms with Gasteiger partial charge < -0.3 is 19.5 Å². The van der Waals surface area contributed by atoms with Crippen LogP contribution in [0, 0.1) is 0 Å². The number of amides is 1. The Morgan fingerprint density at radius 1 is 1.00 bits per heavy atom. The summed E-state index contributed by atoms with van der Waals surface area (Å²) in [7, 11) is 3.18. The zero-order valence-corrected chi connectivity index (χ0v) is 17.0. The van der Waals surface area contributed by atoms with Gasteiger partial charge in [-0.25, -0.2) is 0 Å². The molecule has 0 aliphatic carbocycles. The first kappa shape index (κ1) is 20.6. The molecular weight excluding hydrogens is 342 g/mol. The van der Waals surface area contributed by atoms with Crippen molar-refractivity contribution in [2.75, 3.05) is 20.8 Å². The molecule has 2 aromatic rings. The fraction of sp³-hybridized carbons (Fsp3) is 0.409. The highest BCUT2D eigenvalue weighted by atomic mass is 16.5. The molecule has 0 aliphatic rings. The minimum absolute atomic E-state index is 0.0352. The van der Waals surface area contributed by atoms with Crippen LogP contribution in [-0.4, -0.2) is 26.7 Å². The highest BCUT2D eigenvalue weighted by Crippen LogP contribution is 2.30. The quantitative estimate of drug-likeness (QED) is 0.790. The van der Waals surface area contributed by atoms with Crippen molar-refractivity contribution in [2.45, 2.75) is 39.2 Å². The highest BCUT2D eigenvalue weighted by molar-refractivity contribution is 5.78. The zero-order chi connectivity index (χ0) is 20.0. The number of ether oxygens (including phenoxy) is 3. The van der Waals surface area contributed by atoms with Gasteiger partial charge in [0.2, 0.25) is 0 Å². The van der Waals surface area contributed by atoms with E-state index in [0.717, 1.165) is 5.56 Å². The van der Waals surface area contributed by atoms with E-state index in [0.29, 0.717) is 17.2 Å². The molecule has 5 nitrogen and oxygen atoms in total. The van der Waals surface area contributed by atoms with Crippen LogP contribution < -0.4 is 19.5 Å². The van der Waals surface area contributed by atoms with Gasteiger partial charge >= 0.3 is 0 Å². The van der Waals surface area contributed by atoms with Crippen molar-refractivity contribution in [1.29, 1.82) is 0 Å². The molecule has 0 bridgehead atoms. The average Bonchev–Trinajstić information content (AvgIpc) is 2.65. The van der Waals surface area contributed by atoms with Crippen molar-refractivity contribution in [3.05, 3.63) is 53.6 Å². The van der Waals surface area contributed by atoms with Crippen LogP contribution in [-0.2, 0) is 10.2 Å². The Labute approximate surface area is 161 Å². The van der Waals surface area contributed by atoms with E-state index >= 15 is 0 Å². The van der Waals surface area contributed by atoms with Gasteiger partial charge in [0, 0.05) is 0 Å². The number of carbonyl (C=O) groups excluding carboxylic acids is 1. The number of benzene rings is 2. The summed E-state index contributed by atoms with van der Waals surface area (Å²) in [5.41, 5.74) is 2.24. The van der Waals surface area contributed by atoms with Gasteiger partial charge in [0.25, 0.3) is 5.91 Å². The molecule has 0 heterocycles. The van der Waals surface area contributed by atoms with E-state index in [-0.39, 0.29) is 24.0 Å². The second-order valence-electron chi connectivity index (χ2n) is 7.47. The largest absolute Gasteiger partial charge is 0.493 e. The lowest BCUT2D eigenvalue weighted by atomic mass is 9.87. The van der Waals surface area contributed by atoms with Gasteiger partial charge in [-0.3, -0.25) is 4.79 Å². The van der Waals surface area contributed by atoms with Crippen LogP contribution in [0.15, 0.2) is 42.5 Å². The molecule has 1 N–H and O–H groups in total. The lowest BCUT2D eigenvalue weighted by Gasteiger charge is -2.19. The second-order valence-corrected chi connectivity index (χ2v) is 7.47. The van der Waals surface area contributed by atoms with Gasteiger partial charge in [-0.15, -0.1) is 0 Å². The molecule has 27 heavy (non-hydrogen) atoms. The van der Waals surface area contributed by atoms with Gasteiger partial charge in [-0.2, -0.15) is 0 Å². The van der Waals surface area contributed by atoms with Crippen molar-refractivity contribution in [1.82, 2.24) is 5.32 Å². The summed E-state index contributed by atoms with van der Waals surface area (Å²) < 4.78 is 16.1. The van der Waals surface area contributed by atoms with Gasteiger partial charge in [-0.05, 0) is 47.7 Å². The van der Waals surface area contributed by atoms with E-state index in [2.05, 4.69) is 26.1 Å². The number of hydrogen-bond donors (Lipinski definition) is 1. The molecule has 5 heteroatoms. The molecule has 1 amide bonds. The van der Waals surface area contributed by atoms with Crippen molar-refractivity contribution in [3.8, 4) is 17.2 Å². The van der Waals surface area contributed by atoms with E-state index in [9.17, 15) is 4.79 Å². The predicted molar refractivity (Wildman–Crippen MR) is 107 cm³/mol. The summed E-state index contributed by atoms with van der Waals surface area (Å²) in [5.74, 6) is 1.78. The Balaban J connectivity index is 1.91. The van der Waals surface area contributed by atoms with E-state index in [1.54, 1.807) is 14.2 Å². The normalized spacial score (nSPS) is 12.2. The van der Waals surface area contributed by atoms with Gasteiger partial charge in [0.15, 0.2) is 18.1 Å². The zero-order valence-electron chi connectivity index (χ0n) is 17.0. The highest BCUT2D eigenvalue weighted by Gasteiger charge is 2.15. The van der Waals surface area contributed by atoms with Crippen LogP contribution in [0.3, 0.4) is 0 Å². The first-order valence-electron chi connectivity index (χ1n) is 8.99. The van der Waals surface area contributed by atoms with E-state index < -0.39 is 0 Å². The lowest BCUT2D eigenvalue weighted by Crippen LogP contribution is -2.31. The Bertz CT molecular complexity index is 763.